The molecule has 1 aliphatic rings. The van der Waals surface area contributed by atoms with E-state index in [9.17, 15) is 21.6 Å². The number of hydrogen-bond donors (Lipinski definition) is 0. The number of nitrogens with zero attached hydrogens (tertiary/aromatic N) is 2. The Balaban J connectivity index is 1.94. The second kappa shape index (κ2) is 6.45. The molecule has 0 aromatic heterocycles. The van der Waals surface area contributed by atoms with Gasteiger partial charge in [0.05, 0.1) is 11.3 Å². The van der Waals surface area contributed by atoms with Gasteiger partial charge in [0.15, 0.2) is 0 Å². The van der Waals surface area contributed by atoms with Gasteiger partial charge in [-0.1, -0.05) is 6.07 Å². The van der Waals surface area contributed by atoms with Crippen LogP contribution in [-0.2, 0) is 16.0 Å². The van der Waals surface area contributed by atoms with Crippen molar-refractivity contribution in [2.45, 2.75) is 6.18 Å². The Morgan fingerprint density at radius 2 is 1.77 bits per heavy atom. The number of hydrogen-bond acceptors (Lipinski definition) is 4. The van der Waals surface area contributed by atoms with Crippen LogP contribution < -0.4 is 4.90 Å². The minimum atomic E-state index is -4.34. The maximum absolute atomic E-state index is 12.7. The number of alkyl halides is 3. The van der Waals surface area contributed by atoms with E-state index in [0.29, 0.717) is 38.4 Å². The van der Waals surface area contributed by atoms with Crippen LogP contribution in [0.5, 0.6) is 0 Å². The van der Waals surface area contributed by atoms with Crippen molar-refractivity contribution < 1.29 is 21.6 Å². The molecule has 22 heavy (non-hydrogen) atoms. The van der Waals surface area contributed by atoms with E-state index in [1.165, 1.54) is 12.3 Å². The molecular weight excluding hydrogens is 317 g/mol. The molecule has 1 saturated heterocycles. The van der Waals surface area contributed by atoms with E-state index in [1.807, 2.05) is 9.80 Å². The number of halogens is 3. The first-order chi connectivity index (χ1) is 10.1. The lowest BCUT2D eigenvalue weighted by Crippen LogP contribution is -2.47. The molecule has 124 valence electrons. The predicted molar refractivity (Wildman–Crippen MR) is 79.8 cm³/mol. The summed E-state index contributed by atoms with van der Waals surface area (Å²) in [6, 6.07) is 5.30. The van der Waals surface area contributed by atoms with Crippen LogP contribution in [0.3, 0.4) is 0 Å². The number of sulfone groups is 1. The lowest BCUT2D eigenvalue weighted by atomic mass is 10.1. The van der Waals surface area contributed by atoms with Crippen molar-refractivity contribution in [3.63, 3.8) is 0 Å². The Bertz CT molecular complexity index is 609. The fraction of sp³-hybridized carbons (Fsp3) is 0.571. The first-order valence-corrected chi connectivity index (χ1v) is 9.03. The van der Waals surface area contributed by atoms with Crippen molar-refractivity contribution in [3.8, 4) is 0 Å². The summed E-state index contributed by atoms with van der Waals surface area (Å²) in [5, 5.41) is 0. The summed E-state index contributed by atoms with van der Waals surface area (Å²) in [4.78, 5) is 3.91. The molecule has 0 amide bonds. The molecule has 1 aliphatic heterocycles. The van der Waals surface area contributed by atoms with Crippen LogP contribution in [0, 0.1) is 0 Å². The number of benzene rings is 1. The van der Waals surface area contributed by atoms with Crippen LogP contribution in [0.2, 0.25) is 0 Å². The zero-order valence-electron chi connectivity index (χ0n) is 12.3. The maximum atomic E-state index is 12.7. The Morgan fingerprint density at radius 3 is 2.32 bits per heavy atom. The van der Waals surface area contributed by atoms with E-state index in [0.717, 1.165) is 12.1 Å². The van der Waals surface area contributed by atoms with E-state index in [-0.39, 0.29) is 5.75 Å². The molecule has 1 heterocycles. The topological polar surface area (TPSA) is 40.6 Å². The summed E-state index contributed by atoms with van der Waals surface area (Å²) in [5.41, 5.74) is -0.0953. The summed E-state index contributed by atoms with van der Waals surface area (Å²) in [6.45, 7) is 2.93. The molecule has 2 rings (SSSR count). The highest BCUT2D eigenvalue weighted by Gasteiger charge is 2.31. The minimum absolute atomic E-state index is 0.108. The molecule has 1 aromatic rings. The lowest BCUT2D eigenvalue weighted by Gasteiger charge is -2.36. The normalized spacial score (nSPS) is 17.7. The fourth-order valence-electron chi connectivity index (χ4n) is 2.40. The molecule has 1 aromatic carbocycles. The van der Waals surface area contributed by atoms with Crippen LogP contribution in [-0.4, -0.2) is 58.1 Å². The molecule has 0 unspecified atom stereocenters. The van der Waals surface area contributed by atoms with Gasteiger partial charge in [-0.3, -0.25) is 4.90 Å². The summed E-state index contributed by atoms with van der Waals surface area (Å²) in [7, 11) is -2.99. The van der Waals surface area contributed by atoms with Crippen molar-refractivity contribution in [2.75, 3.05) is 49.6 Å². The molecule has 0 radical (unpaired) electrons. The zero-order valence-corrected chi connectivity index (χ0v) is 13.1. The van der Waals surface area contributed by atoms with Crippen LogP contribution >= 0.6 is 0 Å². The van der Waals surface area contributed by atoms with Crippen molar-refractivity contribution >= 4 is 15.5 Å². The average Bonchev–Trinajstić information content (AvgIpc) is 2.44. The summed E-state index contributed by atoms with van der Waals surface area (Å²) in [5.74, 6) is 0.108. The van der Waals surface area contributed by atoms with Gasteiger partial charge >= 0.3 is 6.18 Å². The van der Waals surface area contributed by atoms with E-state index in [1.54, 1.807) is 6.07 Å². The van der Waals surface area contributed by atoms with Gasteiger partial charge in [0.1, 0.15) is 9.84 Å². The van der Waals surface area contributed by atoms with Gasteiger partial charge in [0, 0.05) is 44.7 Å². The number of piperazine rings is 1. The third-order valence-corrected chi connectivity index (χ3v) is 4.61. The maximum Gasteiger partial charge on any atom is 0.416 e. The van der Waals surface area contributed by atoms with Crippen LogP contribution in [0.4, 0.5) is 18.9 Å². The standard InChI is InChI=1S/C14H19F3N2O2S/c1-22(20,21)10-9-18-5-7-19(8-6-18)13-4-2-3-12(11-13)14(15,16)17/h2-4,11H,5-10H2,1H3. The average molecular weight is 336 g/mol. The SMILES string of the molecule is CS(=O)(=O)CCN1CCN(c2cccc(C(F)(F)F)c2)CC1. The number of anilines is 1. The molecule has 0 saturated carbocycles. The van der Waals surface area contributed by atoms with Crippen LogP contribution in [0.15, 0.2) is 24.3 Å². The monoisotopic (exact) mass is 336 g/mol. The summed E-state index contributed by atoms with van der Waals surface area (Å²) >= 11 is 0. The van der Waals surface area contributed by atoms with Crippen molar-refractivity contribution in [2.24, 2.45) is 0 Å². The lowest BCUT2D eigenvalue weighted by molar-refractivity contribution is -0.137. The van der Waals surface area contributed by atoms with Gasteiger partial charge in [-0.25, -0.2) is 8.42 Å². The van der Waals surface area contributed by atoms with Crippen LogP contribution in [0.25, 0.3) is 0 Å². The highest BCUT2D eigenvalue weighted by atomic mass is 32.2. The highest BCUT2D eigenvalue weighted by Crippen LogP contribution is 2.31. The largest absolute Gasteiger partial charge is 0.416 e. The second-order valence-electron chi connectivity index (χ2n) is 5.51. The Morgan fingerprint density at radius 1 is 1.14 bits per heavy atom. The first kappa shape index (κ1) is 17.1. The molecule has 0 atom stereocenters. The second-order valence-corrected chi connectivity index (χ2v) is 7.77. The van der Waals surface area contributed by atoms with Crippen molar-refractivity contribution in [1.82, 2.24) is 4.90 Å². The quantitative estimate of drug-likeness (QED) is 0.842. The summed E-state index contributed by atoms with van der Waals surface area (Å²) in [6.07, 6.45) is -3.14. The van der Waals surface area contributed by atoms with Gasteiger partial charge in [0.2, 0.25) is 0 Å². The smallest absolute Gasteiger partial charge is 0.369 e. The van der Waals surface area contributed by atoms with Gasteiger partial charge in [-0.05, 0) is 18.2 Å². The van der Waals surface area contributed by atoms with Gasteiger partial charge in [-0.15, -0.1) is 0 Å². The predicted octanol–water partition coefficient (Wildman–Crippen LogP) is 1.87. The summed E-state index contributed by atoms with van der Waals surface area (Å²) < 4.78 is 60.5. The van der Waals surface area contributed by atoms with Crippen molar-refractivity contribution in [1.29, 1.82) is 0 Å². The Labute approximate surface area is 128 Å². The van der Waals surface area contributed by atoms with E-state index >= 15 is 0 Å². The first-order valence-electron chi connectivity index (χ1n) is 6.97. The molecule has 0 bridgehead atoms. The van der Waals surface area contributed by atoms with E-state index in [4.69, 9.17) is 0 Å². The van der Waals surface area contributed by atoms with E-state index in [2.05, 4.69) is 0 Å². The van der Waals surface area contributed by atoms with Crippen LogP contribution in [0.1, 0.15) is 5.56 Å². The van der Waals surface area contributed by atoms with Gasteiger partial charge in [-0.2, -0.15) is 13.2 Å². The Kier molecular flexibility index (Phi) is 5.01. The van der Waals surface area contributed by atoms with E-state index < -0.39 is 21.6 Å². The molecular formula is C14H19F3N2O2S. The van der Waals surface area contributed by atoms with Gasteiger partial charge < -0.3 is 4.90 Å². The third kappa shape index (κ3) is 4.88. The fourth-order valence-corrected chi connectivity index (χ4v) is 2.99. The zero-order chi connectivity index (χ0) is 16.4. The van der Waals surface area contributed by atoms with Gasteiger partial charge in [0.25, 0.3) is 0 Å². The number of rotatable bonds is 4. The molecule has 0 N–H and O–H groups in total. The highest BCUT2D eigenvalue weighted by molar-refractivity contribution is 7.90. The molecule has 1 fully saturated rings. The van der Waals surface area contributed by atoms with Crippen molar-refractivity contribution in [3.05, 3.63) is 29.8 Å². The minimum Gasteiger partial charge on any atom is -0.369 e. The molecule has 0 aliphatic carbocycles. The third-order valence-electron chi connectivity index (χ3n) is 3.69. The Hall–Kier alpha value is -1.28. The molecule has 8 heteroatoms. The molecule has 0 spiro atoms. The molecule has 4 nitrogen and oxygen atoms in total.